The second-order valence-corrected chi connectivity index (χ2v) is 20.7. The van der Waals surface area contributed by atoms with Gasteiger partial charge in [0.2, 0.25) is 5.91 Å². The van der Waals surface area contributed by atoms with Crippen molar-refractivity contribution in [2.75, 3.05) is 40.9 Å². The first-order valence-corrected chi connectivity index (χ1v) is 27.4. The van der Waals surface area contributed by atoms with Crippen LogP contribution in [-0.2, 0) is 18.4 Å². The molecule has 0 aromatic carbocycles. The van der Waals surface area contributed by atoms with Crippen molar-refractivity contribution in [3.05, 3.63) is 0 Å². The SMILES string of the molecule is CCCCCCCCCCCCCCCCCCCCCCCCCCCC(=O)N[C@@H](COP(=O)(O)OCC[N+](C)(C)C)[C@H](O)CCCCCCCCCCCCCC. The number of carbonyl (C=O) groups excluding carboxylic acids is 1. The summed E-state index contributed by atoms with van der Waals surface area (Å²) in [5.74, 6) is -0.139. The van der Waals surface area contributed by atoms with E-state index in [4.69, 9.17) is 9.05 Å². The van der Waals surface area contributed by atoms with Crippen LogP contribution in [0.15, 0.2) is 0 Å². The average molecular weight is 860 g/mol. The Morgan fingerprint density at radius 2 is 0.814 bits per heavy atom. The Bertz CT molecular complexity index is 932. The van der Waals surface area contributed by atoms with Crippen LogP contribution in [0.5, 0.6) is 0 Å². The zero-order chi connectivity index (χ0) is 43.6. The number of hydrogen-bond acceptors (Lipinski definition) is 5. The van der Waals surface area contributed by atoms with Crippen LogP contribution >= 0.6 is 7.82 Å². The van der Waals surface area contributed by atoms with Gasteiger partial charge in [0, 0.05) is 6.42 Å². The number of nitrogens with one attached hydrogen (secondary N) is 1. The van der Waals surface area contributed by atoms with Crippen LogP contribution in [0, 0.1) is 0 Å². The predicted octanol–water partition coefficient (Wildman–Crippen LogP) is 14.9. The molecule has 354 valence electrons. The summed E-state index contributed by atoms with van der Waals surface area (Å²) in [5, 5.41) is 14.0. The lowest BCUT2D eigenvalue weighted by Gasteiger charge is -2.26. The van der Waals surface area contributed by atoms with Gasteiger partial charge in [-0.05, 0) is 12.8 Å². The van der Waals surface area contributed by atoms with Gasteiger partial charge in [-0.3, -0.25) is 13.8 Å². The van der Waals surface area contributed by atoms with Gasteiger partial charge in [0.1, 0.15) is 13.2 Å². The molecule has 0 saturated heterocycles. The Kier molecular flexibility index (Phi) is 42.4. The van der Waals surface area contributed by atoms with Gasteiger partial charge in [-0.25, -0.2) is 4.57 Å². The minimum absolute atomic E-state index is 0.0787. The molecule has 0 aliphatic heterocycles. The van der Waals surface area contributed by atoms with Crippen molar-refractivity contribution in [3.63, 3.8) is 0 Å². The zero-order valence-corrected chi connectivity index (χ0v) is 41.2. The molecule has 0 bridgehead atoms. The third-order valence-corrected chi connectivity index (χ3v) is 13.1. The van der Waals surface area contributed by atoms with Gasteiger partial charge in [0.25, 0.3) is 0 Å². The second-order valence-electron chi connectivity index (χ2n) is 19.3. The van der Waals surface area contributed by atoms with Gasteiger partial charge >= 0.3 is 7.82 Å². The summed E-state index contributed by atoms with van der Waals surface area (Å²) < 4.78 is 23.7. The van der Waals surface area contributed by atoms with Gasteiger partial charge in [-0.15, -0.1) is 0 Å². The quantitative estimate of drug-likeness (QED) is 0.0320. The lowest BCUT2D eigenvalue weighted by atomic mass is 10.0. The molecule has 3 atom stereocenters. The molecule has 0 aliphatic rings. The summed E-state index contributed by atoms with van der Waals surface area (Å²) in [4.78, 5) is 23.2. The third-order valence-electron chi connectivity index (χ3n) is 12.1. The molecule has 0 radical (unpaired) electrons. The number of aliphatic hydroxyl groups excluding tert-OH is 1. The van der Waals surface area contributed by atoms with Gasteiger partial charge in [-0.2, -0.15) is 0 Å². The van der Waals surface area contributed by atoms with Gasteiger partial charge in [-0.1, -0.05) is 245 Å². The lowest BCUT2D eigenvalue weighted by molar-refractivity contribution is -0.870. The van der Waals surface area contributed by atoms with Crippen molar-refractivity contribution < 1.29 is 32.9 Å². The number of likely N-dealkylation sites (N-methyl/N-ethyl adjacent to an activating group) is 1. The highest BCUT2D eigenvalue weighted by atomic mass is 31.2. The fraction of sp³-hybridized carbons (Fsp3) is 0.980. The maximum Gasteiger partial charge on any atom is 0.472 e. The summed E-state index contributed by atoms with van der Waals surface area (Å²) in [5.41, 5.74) is 0. The summed E-state index contributed by atoms with van der Waals surface area (Å²) in [7, 11) is 1.63. The normalized spacial score (nSPS) is 14.1. The molecule has 0 aromatic heterocycles. The van der Waals surface area contributed by atoms with E-state index in [0.29, 0.717) is 23.9 Å². The molecule has 0 spiro atoms. The van der Waals surface area contributed by atoms with Crippen molar-refractivity contribution in [2.24, 2.45) is 0 Å². The molecule has 1 amide bonds. The number of rotatable bonds is 48. The Labute approximate surface area is 368 Å². The molecular formula is C50H104N2O6P+. The van der Waals surface area contributed by atoms with Crippen LogP contribution in [-0.4, -0.2) is 73.4 Å². The number of unbranched alkanes of at least 4 members (excludes halogenated alkanes) is 35. The highest BCUT2D eigenvalue weighted by Crippen LogP contribution is 2.43. The lowest BCUT2D eigenvalue weighted by Crippen LogP contribution is -2.46. The van der Waals surface area contributed by atoms with Gasteiger partial charge < -0.3 is 19.8 Å². The van der Waals surface area contributed by atoms with E-state index in [1.54, 1.807) is 0 Å². The zero-order valence-electron chi connectivity index (χ0n) is 40.3. The van der Waals surface area contributed by atoms with Crippen LogP contribution in [0.2, 0.25) is 0 Å². The van der Waals surface area contributed by atoms with E-state index in [0.717, 1.165) is 38.5 Å². The number of hydrogen-bond donors (Lipinski definition) is 3. The summed E-state index contributed by atoms with van der Waals surface area (Å²) in [6, 6.07) is -0.753. The van der Waals surface area contributed by atoms with E-state index in [-0.39, 0.29) is 19.1 Å². The molecule has 8 nitrogen and oxygen atoms in total. The highest BCUT2D eigenvalue weighted by Gasteiger charge is 2.28. The van der Waals surface area contributed by atoms with Crippen molar-refractivity contribution in [1.29, 1.82) is 0 Å². The summed E-state index contributed by atoms with van der Waals surface area (Å²) in [6.07, 6.45) is 48.6. The number of phosphoric ester groups is 1. The van der Waals surface area contributed by atoms with Crippen LogP contribution in [0.3, 0.4) is 0 Å². The van der Waals surface area contributed by atoms with Crippen LogP contribution < -0.4 is 5.32 Å². The number of carbonyl (C=O) groups is 1. The molecule has 0 saturated carbocycles. The largest absolute Gasteiger partial charge is 0.472 e. The first-order valence-electron chi connectivity index (χ1n) is 25.9. The van der Waals surface area contributed by atoms with E-state index in [2.05, 4.69) is 19.2 Å². The molecule has 0 rings (SSSR count). The summed E-state index contributed by atoms with van der Waals surface area (Å²) >= 11 is 0. The Morgan fingerprint density at radius 3 is 1.14 bits per heavy atom. The first-order chi connectivity index (χ1) is 28.5. The van der Waals surface area contributed by atoms with E-state index >= 15 is 0 Å². The molecule has 1 unspecified atom stereocenters. The van der Waals surface area contributed by atoms with Crippen LogP contribution in [0.1, 0.15) is 264 Å². The summed E-state index contributed by atoms with van der Waals surface area (Å²) in [6.45, 7) is 4.92. The van der Waals surface area contributed by atoms with Crippen molar-refractivity contribution >= 4 is 13.7 Å². The Morgan fingerprint density at radius 1 is 0.508 bits per heavy atom. The molecule has 0 fully saturated rings. The second kappa shape index (κ2) is 42.8. The fourth-order valence-electron chi connectivity index (χ4n) is 7.99. The molecule has 3 N–H and O–H groups in total. The smallest absolute Gasteiger partial charge is 0.391 e. The number of aliphatic hydroxyl groups is 1. The maximum absolute atomic E-state index is 12.9. The fourth-order valence-corrected chi connectivity index (χ4v) is 8.73. The molecular weight excluding hydrogens is 756 g/mol. The highest BCUT2D eigenvalue weighted by molar-refractivity contribution is 7.47. The molecule has 0 aromatic rings. The molecule has 59 heavy (non-hydrogen) atoms. The Hall–Kier alpha value is -0.500. The predicted molar refractivity (Wildman–Crippen MR) is 254 cm³/mol. The molecule has 0 aliphatic carbocycles. The number of amides is 1. The van der Waals surface area contributed by atoms with E-state index in [9.17, 15) is 19.4 Å². The van der Waals surface area contributed by atoms with Crippen LogP contribution in [0.25, 0.3) is 0 Å². The van der Waals surface area contributed by atoms with Crippen molar-refractivity contribution in [2.45, 2.75) is 276 Å². The first kappa shape index (κ1) is 58.5. The molecule has 9 heteroatoms. The topological polar surface area (TPSA) is 105 Å². The number of quaternary nitrogens is 1. The third kappa shape index (κ3) is 45.3. The van der Waals surface area contributed by atoms with E-state index in [1.807, 2.05) is 21.1 Å². The van der Waals surface area contributed by atoms with Gasteiger partial charge in [0.05, 0.1) is 39.9 Å². The minimum Gasteiger partial charge on any atom is -0.391 e. The Balaban J connectivity index is 4.08. The van der Waals surface area contributed by atoms with Crippen molar-refractivity contribution in [3.8, 4) is 0 Å². The van der Waals surface area contributed by atoms with Crippen LogP contribution in [0.4, 0.5) is 0 Å². The molecule has 0 heterocycles. The average Bonchev–Trinajstić information content (AvgIpc) is 3.19. The monoisotopic (exact) mass is 860 g/mol. The minimum atomic E-state index is -4.31. The standard InChI is InChI=1S/C50H103N2O6P/c1-6-8-10-12-14-16-18-20-21-22-23-24-25-26-27-28-29-30-31-32-34-36-38-40-42-44-50(54)51-48(47-58-59(55,56)57-46-45-52(3,4)5)49(53)43-41-39-37-35-33-19-17-15-13-11-9-7-2/h48-49,53H,6-47H2,1-5H3,(H-,51,54,55,56)/p+1/t48-,49+/m0/s1. The van der Waals surface area contributed by atoms with Gasteiger partial charge in [0.15, 0.2) is 0 Å². The van der Waals surface area contributed by atoms with E-state index in [1.165, 1.54) is 199 Å². The van der Waals surface area contributed by atoms with Crippen molar-refractivity contribution in [1.82, 2.24) is 5.32 Å². The number of phosphoric acid groups is 1. The number of nitrogens with zero attached hydrogens (tertiary/aromatic N) is 1. The maximum atomic E-state index is 12.9. The van der Waals surface area contributed by atoms with E-state index < -0.39 is 20.0 Å².